The Morgan fingerprint density at radius 3 is 2.50 bits per heavy atom. The van der Waals surface area contributed by atoms with Crippen LogP contribution in [-0.2, 0) is 0 Å². The summed E-state index contributed by atoms with van der Waals surface area (Å²) < 4.78 is 13.8. The largest absolute Gasteiger partial charge is 0.389 e. The van der Waals surface area contributed by atoms with E-state index in [4.69, 9.17) is 18.0 Å². The molecule has 0 fully saturated rings. The van der Waals surface area contributed by atoms with Gasteiger partial charge in [-0.25, -0.2) is 4.39 Å². The zero-order valence-electron chi connectivity index (χ0n) is 9.28. The van der Waals surface area contributed by atoms with Crippen LogP contribution in [0.3, 0.4) is 0 Å². The Morgan fingerprint density at radius 1 is 1.17 bits per heavy atom. The predicted octanol–water partition coefficient (Wildman–Crippen LogP) is 3.97. The molecule has 0 radical (unpaired) electrons. The van der Waals surface area contributed by atoms with Crippen molar-refractivity contribution in [2.24, 2.45) is 5.73 Å². The number of hydrogen-bond acceptors (Lipinski definition) is 2. The number of nitrogens with one attached hydrogen (secondary N) is 1. The molecule has 0 aliphatic carbocycles. The van der Waals surface area contributed by atoms with Gasteiger partial charge in [-0.1, -0.05) is 18.3 Å². The summed E-state index contributed by atoms with van der Waals surface area (Å²) >= 11 is 8.31. The third-order valence-electron chi connectivity index (χ3n) is 2.35. The minimum absolute atomic E-state index is 0.279. The molecular formula is C13H10BrFN2S. The van der Waals surface area contributed by atoms with Gasteiger partial charge in [0.05, 0.1) is 0 Å². The molecule has 2 aromatic rings. The second kappa shape index (κ2) is 5.46. The van der Waals surface area contributed by atoms with Gasteiger partial charge in [0.1, 0.15) is 10.8 Å². The first kappa shape index (κ1) is 13.0. The van der Waals surface area contributed by atoms with Crippen molar-refractivity contribution in [3.8, 4) is 0 Å². The summed E-state index contributed by atoms with van der Waals surface area (Å²) in [7, 11) is 0. The quantitative estimate of drug-likeness (QED) is 0.839. The van der Waals surface area contributed by atoms with E-state index < -0.39 is 0 Å². The van der Waals surface area contributed by atoms with Crippen molar-refractivity contribution in [1.29, 1.82) is 0 Å². The van der Waals surface area contributed by atoms with Crippen LogP contribution in [0.1, 0.15) is 5.56 Å². The first-order chi connectivity index (χ1) is 8.56. The van der Waals surface area contributed by atoms with E-state index in [0.29, 0.717) is 10.7 Å². The Morgan fingerprint density at radius 2 is 1.89 bits per heavy atom. The molecular weight excluding hydrogens is 315 g/mol. The summed E-state index contributed by atoms with van der Waals surface area (Å²) in [5.74, 6) is -0.279. The monoisotopic (exact) mass is 324 g/mol. The highest BCUT2D eigenvalue weighted by molar-refractivity contribution is 9.10. The fourth-order valence-corrected chi connectivity index (χ4v) is 2.43. The lowest BCUT2D eigenvalue weighted by Crippen LogP contribution is -2.10. The molecule has 0 atom stereocenters. The van der Waals surface area contributed by atoms with Gasteiger partial charge in [0, 0.05) is 21.4 Å². The van der Waals surface area contributed by atoms with E-state index in [1.54, 1.807) is 12.1 Å². The van der Waals surface area contributed by atoms with Crippen LogP contribution in [0, 0.1) is 5.82 Å². The van der Waals surface area contributed by atoms with Crippen LogP contribution in [0.2, 0.25) is 0 Å². The molecule has 18 heavy (non-hydrogen) atoms. The van der Waals surface area contributed by atoms with Gasteiger partial charge in [0.2, 0.25) is 0 Å². The summed E-state index contributed by atoms with van der Waals surface area (Å²) in [5.41, 5.74) is 7.85. The number of hydrogen-bond donors (Lipinski definition) is 2. The van der Waals surface area contributed by atoms with E-state index in [9.17, 15) is 4.39 Å². The maximum Gasteiger partial charge on any atom is 0.125 e. The number of nitrogens with two attached hydrogens (primary N) is 1. The van der Waals surface area contributed by atoms with Gasteiger partial charge < -0.3 is 11.1 Å². The Kier molecular flexibility index (Phi) is 3.93. The van der Waals surface area contributed by atoms with Crippen LogP contribution in [0.5, 0.6) is 0 Å². The molecule has 5 heteroatoms. The zero-order valence-corrected chi connectivity index (χ0v) is 11.7. The van der Waals surface area contributed by atoms with E-state index in [1.807, 2.05) is 18.2 Å². The molecule has 2 aromatic carbocycles. The fraction of sp³-hybridized carbons (Fsp3) is 0. The third-order valence-corrected chi connectivity index (χ3v) is 3.22. The Bertz CT molecular complexity index is 601. The van der Waals surface area contributed by atoms with Gasteiger partial charge in [0.15, 0.2) is 0 Å². The van der Waals surface area contributed by atoms with Crippen molar-refractivity contribution >= 4 is 44.5 Å². The van der Waals surface area contributed by atoms with Gasteiger partial charge in [-0.2, -0.15) is 0 Å². The van der Waals surface area contributed by atoms with Crippen LogP contribution >= 0.6 is 28.1 Å². The summed E-state index contributed by atoms with van der Waals surface area (Å²) in [6.45, 7) is 0. The van der Waals surface area contributed by atoms with Crippen LogP contribution in [0.15, 0.2) is 46.9 Å². The number of benzene rings is 2. The summed E-state index contributed by atoms with van der Waals surface area (Å²) in [5, 5.41) is 3.10. The van der Waals surface area contributed by atoms with Crippen molar-refractivity contribution in [3.63, 3.8) is 0 Å². The fourth-order valence-electron chi connectivity index (χ4n) is 1.53. The van der Waals surface area contributed by atoms with Crippen molar-refractivity contribution in [2.45, 2.75) is 0 Å². The molecule has 0 heterocycles. The highest BCUT2D eigenvalue weighted by Gasteiger charge is 2.04. The zero-order chi connectivity index (χ0) is 13.1. The highest BCUT2D eigenvalue weighted by Crippen LogP contribution is 2.24. The maximum absolute atomic E-state index is 13.0. The lowest BCUT2D eigenvalue weighted by molar-refractivity contribution is 0.628. The summed E-state index contributed by atoms with van der Waals surface area (Å²) in [4.78, 5) is 0.333. The number of rotatable bonds is 3. The second-order valence-corrected chi connectivity index (χ2v) is 4.99. The Balaban J connectivity index is 2.25. The first-order valence-corrected chi connectivity index (χ1v) is 6.38. The van der Waals surface area contributed by atoms with Gasteiger partial charge >= 0.3 is 0 Å². The molecule has 0 saturated heterocycles. The predicted molar refractivity (Wildman–Crippen MR) is 79.7 cm³/mol. The standard InChI is InChI=1S/C13H10BrFN2S/c14-12-7-10(4-5-11(12)13(16)18)17-9-3-1-2-8(15)6-9/h1-7,17H,(H2,16,18). The van der Waals surface area contributed by atoms with E-state index in [-0.39, 0.29) is 5.82 Å². The molecule has 2 rings (SSSR count). The van der Waals surface area contributed by atoms with E-state index in [0.717, 1.165) is 15.7 Å². The van der Waals surface area contributed by atoms with Crippen LogP contribution in [0.4, 0.5) is 15.8 Å². The van der Waals surface area contributed by atoms with Gasteiger partial charge in [-0.05, 0) is 52.3 Å². The first-order valence-electron chi connectivity index (χ1n) is 5.18. The average molecular weight is 325 g/mol. The molecule has 92 valence electrons. The molecule has 0 bridgehead atoms. The summed E-state index contributed by atoms with van der Waals surface area (Å²) in [6.07, 6.45) is 0. The molecule has 0 aliphatic heterocycles. The SMILES string of the molecule is NC(=S)c1ccc(Nc2cccc(F)c2)cc1Br. The molecule has 0 unspecified atom stereocenters. The third kappa shape index (κ3) is 3.05. The highest BCUT2D eigenvalue weighted by atomic mass is 79.9. The molecule has 0 spiro atoms. The van der Waals surface area contributed by atoms with Crippen molar-refractivity contribution in [1.82, 2.24) is 0 Å². The minimum Gasteiger partial charge on any atom is -0.389 e. The Labute approximate surface area is 118 Å². The summed E-state index contributed by atoms with van der Waals surface area (Å²) in [6, 6.07) is 11.8. The van der Waals surface area contributed by atoms with E-state index in [2.05, 4.69) is 21.2 Å². The van der Waals surface area contributed by atoms with Crippen LogP contribution < -0.4 is 11.1 Å². The smallest absolute Gasteiger partial charge is 0.125 e. The number of thiocarbonyl (C=S) groups is 1. The second-order valence-electron chi connectivity index (χ2n) is 3.69. The van der Waals surface area contributed by atoms with Gasteiger partial charge in [0.25, 0.3) is 0 Å². The molecule has 0 aliphatic rings. The number of anilines is 2. The van der Waals surface area contributed by atoms with Crippen LogP contribution in [-0.4, -0.2) is 4.99 Å². The van der Waals surface area contributed by atoms with E-state index in [1.165, 1.54) is 12.1 Å². The van der Waals surface area contributed by atoms with Gasteiger partial charge in [-0.3, -0.25) is 0 Å². The molecule has 0 saturated carbocycles. The number of halogens is 2. The topological polar surface area (TPSA) is 38.0 Å². The molecule has 3 N–H and O–H groups in total. The van der Waals surface area contributed by atoms with Gasteiger partial charge in [-0.15, -0.1) is 0 Å². The van der Waals surface area contributed by atoms with Crippen LogP contribution in [0.25, 0.3) is 0 Å². The maximum atomic E-state index is 13.0. The van der Waals surface area contributed by atoms with Crippen molar-refractivity contribution < 1.29 is 4.39 Å². The normalized spacial score (nSPS) is 10.1. The van der Waals surface area contributed by atoms with E-state index >= 15 is 0 Å². The lowest BCUT2D eigenvalue weighted by Gasteiger charge is -2.09. The Hall–Kier alpha value is -1.46. The lowest BCUT2D eigenvalue weighted by atomic mass is 10.2. The van der Waals surface area contributed by atoms with Crippen molar-refractivity contribution in [2.75, 3.05) is 5.32 Å². The molecule has 2 nitrogen and oxygen atoms in total. The average Bonchev–Trinajstić information content (AvgIpc) is 2.28. The molecule has 0 amide bonds. The molecule has 0 aromatic heterocycles. The minimum atomic E-state index is -0.279. The van der Waals surface area contributed by atoms with Crippen molar-refractivity contribution in [3.05, 3.63) is 58.3 Å².